The fraction of sp³-hybridized carbons (Fsp3) is 0.600. The van der Waals surface area contributed by atoms with E-state index in [1.54, 1.807) is 12.3 Å². The van der Waals surface area contributed by atoms with Crippen molar-refractivity contribution in [2.24, 2.45) is 0 Å². The van der Waals surface area contributed by atoms with Gasteiger partial charge in [-0.05, 0) is 61.0 Å². The van der Waals surface area contributed by atoms with E-state index >= 15 is 0 Å². The van der Waals surface area contributed by atoms with Crippen LogP contribution in [0.5, 0.6) is 0 Å². The number of nitrogens with one attached hydrogen (secondary N) is 1. The van der Waals surface area contributed by atoms with Gasteiger partial charge in [-0.1, -0.05) is 6.42 Å². The van der Waals surface area contributed by atoms with Gasteiger partial charge in [0.25, 0.3) is 0 Å². The number of piperidine rings is 1. The Bertz CT molecular complexity index is 838. The molecule has 0 amide bonds. The zero-order valence-electron chi connectivity index (χ0n) is 15.3. The van der Waals surface area contributed by atoms with Crippen LogP contribution in [-0.2, 0) is 0 Å². The van der Waals surface area contributed by atoms with E-state index in [9.17, 15) is 5.11 Å². The average Bonchev–Trinajstić information content (AvgIpc) is 3.15. The quantitative estimate of drug-likeness (QED) is 0.758. The van der Waals surface area contributed by atoms with Crippen molar-refractivity contribution >= 4 is 32.7 Å². The molecule has 2 aromatic rings. The lowest BCUT2D eigenvalue weighted by molar-refractivity contribution is 0.0372. The van der Waals surface area contributed by atoms with E-state index in [0.717, 1.165) is 54.3 Å². The summed E-state index contributed by atoms with van der Waals surface area (Å²) in [6.07, 6.45) is 9.79. The first-order chi connectivity index (χ1) is 13.2. The molecule has 4 rings (SSSR count). The number of aliphatic hydroxyl groups is 1. The molecule has 2 aliphatic rings. The zero-order valence-corrected chi connectivity index (χ0v) is 16.9. The van der Waals surface area contributed by atoms with Crippen molar-refractivity contribution in [3.8, 4) is 6.07 Å². The molecule has 6 nitrogen and oxygen atoms in total. The van der Waals surface area contributed by atoms with E-state index in [1.807, 2.05) is 6.07 Å². The fourth-order valence-electron chi connectivity index (χ4n) is 4.58. The number of hydrogen-bond donors (Lipinski definition) is 2. The SMILES string of the molecule is N#Cc1cc2c(Br)c(NC3CCC(N4CCCC[C@H]4CO)CC3)ncc2o1. The van der Waals surface area contributed by atoms with Crippen LogP contribution in [-0.4, -0.2) is 46.3 Å². The number of rotatable bonds is 4. The van der Waals surface area contributed by atoms with E-state index in [1.165, 1.54) is 12.8 Å². The molecule has 1 saturated carbocycles. The van der Waals surface area contributed by atoms with Crippen molar-refractivity contribution < 1.29 is 9.52 Å². The number of likely N-dealkylation sites (tertiary alicyclic amines) is 1. The Kier molecular flexibility index (Phi) is 5.67. The predicted octanol–water partition coefficient (Wildman–Crippen LogP) is 4.03. The molecule has 0 radical (unpaired) electrons. The van der Waals surface area contributed by atoms with Gasteiger partial charge in [-0.2, -0.15) is 5.26 Å². The highest BCUT2D eigenvalue weighted by Crippen LogP contribution is 2.34. The van der Waals surface area contributed by atoms with Crippen LogP contribution in [0.1, 0.15) is 50.7 Å². The van der Waals surface area contributed by atoms with Gasteiger partial charge < -0.3 is 14.8 Å². The van der Waals surface area contributed by atoms with Crippen molar-refractivity contribution in [3.05, 3.63) is 22.5 Å². The zero-order chi connectivity index (χ0) is 18.8. The van der Waals surface area contributed by atoms with Crippen LogP contribution in [0.3, 0.4) is 0 Å². The minimum Gasteiger partial charge on any atom is -0.444 e. The fourth-order valence-corrected chi connectivity index (χ4v) is 5.11. The summed E-state index contributed by atoms with van der Waals surface area (Å²) in [5.41, 5.74) is 0.618. The summed E-state index contributed by atoms with van der Waals surface area (Å²) in [5.74, 6) is 1.10. The molecule has 0 aromatic carbocycles. The van der Waals surface area contributed by atoms with Crippen LogP contribution >= 0.6 is 15.9 Å². The normalized spacial score (nSPS) is 26.8. The maximum absolute atomic E-state index is 9.68. The van der Waals surface area contributed by atoms with E-state index in [2.05, 4.69) is 31.1 Å². The highest BCUT2D eigenvalue weighted by atomic mass is 79.9. The average molecular weight is 433 g/mol. The summed E-state index contributed by atoms with van der Waals surface area (Å²) in [4.78, 5) is 7.03. The van der Waals surface area contributed by atoms with Crippen molar-refractivity contribution in [1.82, 2.24) is 9.88 Å². The topological polar surface area (TPSA) is 85.3 Å². The predicted molar refractivity (Wildman–Crippen MR) is 108 cm³/mol. The number of aromatic nitrogens is 1. The molecule has 1 atom stereocenters. The highest BCUT2D eigenvalue weighted by molar-refractivity contribution is 9.10. The highest BCUT2D eigenvalue weighted by Gasteiger charge is 2.31. The molecule has 2 aromatic heterocycles. The minimum atomic E-state index is 0.282. The number of anilines is 1. The monoisotopic (exact) mass is 432 g/mol. The lowest BCUT2D eigenvalue weighted by Crippen LogP contribution is -2.50. The Morgan fingerprint density at radius 3 is 2.85 bits per heavy atom. The summed E-state index contributed by atoms with van der Waals surface area (Å²) in [6.45, 7) is 1.41. The number of nitrogens with zero attached hydrogens (tertiary/aromatic N) is 3. The van der Waals surface area contributed by atoms with E-state index in [4.69, 9.17) is 9.68 Å². The van der Waals surface area contributed by atoms with E-state index in [0.29, 0.717) is 29.5 Å². The Balaban J connectivity index is 1.40. The molecule has 2 fully saturated rings. The Morgan fingerprint density at radius 2 is 2.11 bits per heavy atom. The lowest BCUT2D eigenvalue weighted by atomic mass is 9.87. The number of aliphatic hydroxyl groups excluding tert-OH is 1. The first-order valence-electron chi connectivity index (χ1n) is 9.81. The number of hydrogen-bond acceptors (Lipinski definition) is 6. The maximum atomic E-state index is 9.68. The number of halogens is 1. The smallest absolute Gasteiger partial charge is 0.204 e. The molecule has 27 heavy (non-hydrogen) atoms. The van der Waals surface area contributed by atoms with Crippen LogP contribution in [0.15, 0.2) is 21.2 Å². The molecule has 3 heterocycles. The van der Waals surface area contributed by atoms with Crippen LogP contribution in [0.25, 0.3) is 11.0 Å². The van der Waals surface area contributed by atoms with E-state index < -0.39 is 0 Å². The third-order valence-corrected chi connectivity index (χ3v) is 6.82. The standard InChI is InChI=1S/C20H25BrN4O2/c21-19-17-9-16(10-22)27-18(17)11-23-20(19)24-13-4-6-14(7-5-13)25-8-2-1-3-15(25)12-26/h9,11,13-15,26H,1-8,12H2,(H,23,24)/t13?,14?,15-/m0/s1. The first kappa shape index (κ1) is 18.7. The largest absolute Gasteiger partial charge is 0.444 e. The van der Waals surface area contributed by atoms with Crippen LogP contribution in [0.2, 0.25) is 0 Å². The third-order valence-electron chi connectivity index (χ3n) is 6.02. The van der Waals surface area contributed by atoms with Crippen LogP contribution < -0.4 is 5.32 Å². The van der Waals surface area contributed by atoms with Crippen molar-refractivity contribution in [2.75, 3.05) is 18.5 Å². The van der Waals surface area contributed by atoms with Gasteiger partial charge in [-0.15, -0.1) is 0 Å². The van der Waals surface area contributed by atoms with Crippen molar-refractivity contribution in [1.29, 1.82) is 5.26 Å². The number of furan rings is 1. The number of fused-ring (bicyclic) bond motifs is 1. The number of nitriles is 1. The van der Waals surface area contributed by atoms with Gasteiger partial charge in [-0.25, -0.2) is 4.98 Å². The summed E-state index contributed by atoms with van der Waals surface area (Å²) < 4.78 is 6.29. The minimum absolute atomic E-state index is 0.282. The molecule has 0 unspecified atom stereocenters. The Labute approximate surface area is 167 Å². The molecule has 0 bridgehead atoms. The van der Waals surface area contributed by atoms with Gasteiger partial charge in [0, 0.05) is 29.6 Å². The molecule has 0 spiro atoms. The summed E-state index contributed by atoms with van der Waals surface area (Å²) in [6, 6.07) is 5.10. The summed E-state index contributed by atoms with van der Waals surface area (Å²) >= 11 is 3.61. The van der Waals surface area contributed by atoms with Gasteiger partial charge in [0.2, 0.25) is 5.76 Å². The van der Waals surface area contributed by atoms with Gasteiger partial charge in [-0.3, -0.25) is 4.90 Å². The van der Waals surface area contributed by atoms with E-state index in [-0.39, 0.29) is 6.61 Å². The Morgan fingerprint density at radius 1 is 1.30 bits per heavy atom. The second-order valence-electron chi connectivity index (χ2n) is 7.64. The number of pyridine rings is 1. The second-order valence-corrected chi connectivity index (χ2v) is 8.43. The van der Waals surface area contributed by atoms with Gasteiger partial charge >= 0.3 is 0 Å². The van der Waals surface area contributed by atoms with Crippen molar-refractivity contribution in [2.45, 2.75) is 63.1 Å². The third kappa shape index (κ3) is 3.84. The maximum Gasteiger partial charge on any atom is 0.204 e. The molecular formula is C20H25BrN4O2. The molecule has 7 heteroatoms. The van der Waals surface area contributed by atoms with Crippen LogP contribution in [0, 0.1) is 11.3 Å². The summed E-state index contributed by atoms with van der Waals surface area (Å²) in [5, 5.41) is 23.1. The van der Waals surface area contributed by atoms with Crippen LogP contribution in [0.4, 0.5) is 5.82 Å². The molecule has 1 aliphatic carbocycles. The molecule has 2 N–H and O–H groups in total. The molecule has 1 aliphatic heterocycles. The second kappa shape index (κ2) is 8.17. The first-order valence-corrected chi connectivity index (χ1v) is 10.6. The Hall–Kier alpha value is -1.62. The summed E-state index contributed by atoms with van der Waals surface area (Å²) in [7, 11) is 0. The van der Waals surface area contributed by atoms with Crippen molar-refractivity contribution in [3.63, 3.8) is 0 Å². The van der Waals surface area contributed by atoms with Gasteiger partial charge in [0.15, 0.2) is 5.58 Å². The van der Waals surface area contributed by atoms with Gasteiger partial charge in [0.1, 0.15) is 11.9 Å². The van der Waals surface area contributed by atoms with Gasteiger partial charge in [0.05, 0.1) is 17.3 Å². The molecule has 1 saturated heterocycles. The molecule has 144 valence electrons. The lowest BCUT2D eigenvalue weighted by Gasteiger charge is -2.43. The molecular weight excluding hydrogens is 408 g/mol.